The van der Waals surface area contributed by atoms with E-state index >= 15 is 0 Å². The van der Waals surface area contributed by atoms with E-state index in [2.05, 4.69) is 5.32 Å². The van der Waals surface area contributed by atoms with Crippen LogP contribution in [0.2, 0.25) is 0 Å². The number of aromatic hydroxyl groups is 2. The molecule has 0 saturated heterocycles. The zero-order valence-electron chi connectivity index (χ0n) is 10.6. The Bertz CT molecular complexity index is 386. The zero-order chi connectivity index (χ0) is 13.5. The van der Waals surface area contributed by atoms with Crippen LogP contribution in [-0.4, -0.2) is 35.4 Å². The van der Waals surface area contributed by atoms with Crippen molar-refractivity contribution in [3.05, 3.63) is 23.8 Å². The lowest BCUT2D eigenvalue weighted by atomic mass is 10.1. The minimum absolute atomic E-state index is 0.0630. The van der Waals surface area contributed by atoms with Gasteiger partial charge in [0.25, 0.3) is 5.91 Å². The van der Waals surface area contributed by atoms with E-state index in [1.54, 1.807) is 0 Å². The van der Waals surface area contributed by atoms with Crippen molar-refractivity contribution >= 4 is 5.91 Å². The van der Waals surface area contributed by atoms with Crippen molar-refractivity contribution in [2.24, 2.45) is 0 Å². The predicted octanol–water partition coefficient (Wildman–Crippen LogP) is 1.64. The summed E-state index contributed by atoms with van der Waals surface area (Å²) in [6.07, 6.45) is 0.716. The van der Waals surface area contributed by atoms with Gasteiger partial charge in [0, 0.05) is 13.2 Å². The van der Waals surface area contributed by atoms with Gasteiger partial charge in [-0.25, -0.2) is 0 Å². The van der Waals surface area contributed by atoms with Crippen LogP contribution in [0.15, 0.2) is 18.2 Å². The van der Waals surface area contributed by atoms with Crippen molar-refractivity contribution in [1.29, 1.82) is 0 Å². The van der Waals surface area contributed by atoms with Crippen LogP contribution in [0.4, 0.5) is 0 Å². The van der Waals surface area contributed by atoms with E-state index in [1.165, 1.54) is 18.2 Å². The quantitative estimate of drug-likeness (QED) is 0.720. The molecule has 0 unspecified atom stereocenters. The van der Waals surface area contributed by atoms with E-state index in [0.717, 1.165) is 6.42 Å². The van der Waals surface area contributed by atoms with E-state index in [0.29, 0.717) is 13.2 Å². The highest BCUT2D eigenvalue weighted by Gasteiger charge is 2.16. The fourth-order valence-electron chi connectivity index (χ4n) is 1.61. The van der Waals surface area contributed by atoms with Gasteiger partial charge in [0.1, 0.15) is 17.1 Å². The lowest BCUT2D eigenvalue weighted by Crippen LogP contribution is -2.33. The number of benzene rings is 1. The largest absolute Gasteiger partial charge is 0.507 e. The Morgan fingerprint density at radius 3 is 2.44 bits per heavy atom. The molecular weight excluding hydrogens is 234 g/mol. The molecule has 3 N–H and O–H groups in total. The molecule has 0 aliphatic heterocycles. The Kier molecular flexibility index (Phi) is 5.45. The van der Waals surface area contributed by atoms with E-state index < -0.39 is 5.91 Å². The summed E-state index contributed by atoms with van der Waals surface area (Å²) in [6, 6.07) is 4.18. The number of rotatable bonds is 6. The normalized spacial score (nSPS) is 12.1. The number of carbonyl (C=O) groups is 1. The van der Waals surface area contributed by atoms with Gasteiger partial charge in [0.05, 0.1) is 6.10 Å². The highest BCUT2D eigenvalue weighted by atomic mass is 16.5. The number of ether oxygens (including phenoxy) is 1. The Labute approximate surface area is 106 Å². The van der Waals surface area contributed by atoms with Gasteiger partial charge in [0.2, 0.25) is 0 Å². The molecule has 1 aromatic carbocycles. The molecule has 0 aliphatic rings. The van der Waals surface area contributed by atoms with Crippen LogP contribution >= 0.6 is 0 Å². The first-order valence-corrected chi connectivity index (χ1v) is 6.00. The second-order valence-corrected chi connectivity index (χ2v) is 3.87. The first-order chi connectivity index (χ1) is 8.60. The molecule has 5 heteroatoms. The van der Waals surface area contributed by atoms with E-state index in [9.17, 15) is 15.0 Å². The van der Waals surface area contributed by atoms with Crippen molar-refractivity contribution in [2.75, 3.05) is 13.2 Å². The van der Waals surface area contributed by atoms with Crippen LogP contribution in [0, 0.1) is 0 Å². The molecule has 1 aromatic rings. The number of carbonyl (C=O) groups excluding carboxylic acids is 1. The number of nitrogens with one attached hydrogen (secondary N) is 1. The SMILES string of the molecule is CCO[C@@H](CC)CNC(=O)c1c(O)cccc1O. The molecule has 18 heavy (non-hydrogen) atoms. The maximum Gasteiger partial charge on any atom is 0.258 e. The summed E-state index contributed by atoms with van der Waals surface area (Å²) >= 11 is 0. The van der Waals surface area contributed by atoms with Gasteiger partial charge in [0.15, 0.2) is 0 Å². The van der Waals surface area contributed by atoms with Crippen LogP contribution in [0.1, 0.15) is 30.6 Å². The first-order valence-electron chi connectivity index (χ1n) is 6.00. The van der Waals surface area contributed by atoms with Crippen LogP contribution in [0.25, 0.3) is 0 Å². The van der Waals surface area contributed by atoms with Gasteiger partial charge >= 0.3 is 0 Å². The molecule has 0 aliphatic carbocycles. The lowest BCUT2D eigenvalue weighted by molar-refractivity contribution is 0.0567. The third-order valence-corrected chi connectivity index (χ3v) is 2.60. The predicted molar refractivity (Wildman–Crippen MR) is 67.8 cm³/mol. The van der Waals surface area contributed by atoms with Crippen molar-refractivity contribution in [3.8, 4) is 11.5 Å². The molecule has 5 nitrogen and oxygen atoms in total. The van der Waals surface area contributed by atoms with Crippen LogP contribution < -0.4 is 5.32 Å². The average molecular weight is 253 g/mol. The van der Waals surface area contributed by atoms with Gasteiger partial charge in [-0.15, -0.1) is 0 Å². The van der Waals surface area contributed by atoms with Gasteiger partial charge in [-0.2, -0.15) is 0 Å². The van der Waals surface area contributed by atoms with Gasteiger partial charge < -0.3 is 20.3 Å². The molecule has 0 fully saturated rings. The maximum absolute atomic E-state index is 11.8. The van der Waals surface area contributed by atoms with Crippen LogP contribution in [0.5, 0.6) is 11.5 Å². The highest BCUT2D eigenvalue weighted by molar-refractivity contribution is 5.99. The molecule has 1 rings (SSSR count). The topological polar surface area (TPSA) is 78.8 Å². The molecular formula is C13H19NO4. The van der Waals surface area contributed by atoms with Crippen molar-refractivity contribution in [2.45, 2.75) is 26.4 Å². The monoisotopic (exact) mass is 253 g/mol. The third-order valence-electron chi connectivity index (χ3n) is 2.60. The van der Waals surface area contributed by atoms with E-state index in [4.69, 9.17) is 4.74 Å². The molecule has 100 valence electrons. The summed E-state index contributed by atoms with van der Waals surface area (Å²) in [5.41, 5.74) is -0.108. The fraction of sp³-hybridized carbons (Fsp3) is 0.462. The number of amides is 1. The zero-order valence-corrected chi connectivity index (χ0v) is 10.6. The molecule has 1 amide bonds. The van der Waals surface area contributed by atoms with E-state index in [1.807, 2.05) is 13.8 Å². The number of phenolic OH excluding ortho intramolecular Hbond substituents is 2. The van der Waals surface area contributed by atoms with E-state index in [-0.39, 0.29) is 23.2 Å². The second kappa shape index (κ2) is 6.86. The Hall–Kier alpha value is -1.75. The fourth-order valence-corrected chi connectivity index (χ4v) is 1.61. The average Bonchev–Trinajstić information content (AvgIpc) is 2.34. The minimum Gasteiger partial charge on any atom is -0.507 e. The molecule has 0 aromatic heterocycles. The summed E-state index contributed by atoms with van der Waals surface area (Å²) in [5, 5.41) is 21.7. The minimum atomic E-state index is -0.510. The molecule has 0 heterocycles. The van der Waals surface area contributed by atoms with Crippen molar-refractivity contribution in [3.63, 3.8) is 0 Å². The summed E-state index contributed by atoms with van der Waals surface area (Å²) in [4.78, 5) is 11.8. The summed E-state index contributed by atoms with van der Waals surface area (Å²) in [7, 11) is 0. The van der Waals surface area contributed by atoms with Crippen LogP contribution in [-0.2, 0) is 4.74 Å². The number of hydrogen-bond donors (Lipinski definition) is 3. The highest BCUT2D eigenvalue weighted by Crippen LogP contribution is 2.25. The molecule has 0 bridgehead atoms. The second-order valence-electron chi connectivity index (χ2n) is 3.87. The molecule has 0 radical (unpaired) electrons. The third kappa shape index (κ3) is 3.63. The first kappa shape index (κ1) is 14.3. The summed E-state index contributed by atoms with van der Waals surface area (Å²) in [6.45, 7) is 4.77. The summed E-state index contributed by atoms with van der Waals surface area (Å²) < 4.78 is 5.40. The van der Waals surface area contributed by atoms with Crippen molar-refractivity contribution < 1.29 is 19.7 Å². The Morgan fingerprint density at radius 1 is 1.33 bits per heavy atom. The number of hydrogen-bond acceptors (Lipinski definition) is 4. The van der Waals surface area contributed by atoms with Gasteiger partial charge in [-0.1, -0.05) is 13.0 Å². The number of phenols is 2. The van der Waals surface area contributed by atoms with Crippen LogP contribution in [0.3, 0.4) is 0 Å². The lowest BCUT2D eigenvalue weighted by Gasteiger charge is -2.16. The molecule has 0 spiro atoms. The smallest absolute Gasteiger partial charge is 0.258 e. The van der Waals surface area contributed by atoms with Gasteiger partial charge in [-0.05, 0) is 25.5 Å². The Balaban J connectivity index is 2.65. The molecule has 1 atom stereocenters. The molecule has 0 saturated carbocycles. The maximum atomic E-state index is 11.8. The summed E-state index contributed by atoms with van der Waals surface area (Å²) in [5.74, 6) is -0.988. The van der Waals surface area contributed by atoms with Crippen molar-refractivity contribution in [1.82, 2.24) is 5.32 Å². The Morgan fingerprint density at radius 2 is 1.94 bits per heavy atom. The van der Waals surface area contributed by atoms with Gasteiger partial charge in [-0.3, -0.25) is 4.79 Å². The standard InChI is InChI=1S/C13H19NO4/c1-3-9(18-4-2)8-14-13(17)12-10(15)6-5-7-11(12)16/h5-7,9,15-16H,3-4,8H2,1-2H3,(H,14,17)/t9-/m0/s1.